The van der Waals surface area contributed by atoms with Crippen molar-refractivity contribution in [1.29, 1.82) is 0 Å². The third-order valence-electron chi connectivity index (χ3n) is 2.49. The molecule has 0 aliphatic rings. The Morgan fingerprint density at radius 3 is 2.24 bits per heavy atom. The van der Waals surface area contributed by atoms with Crippen molar-refractivity contribution in [3.8, 4) is 11.3 Å². The number of aromatic nitrogens is 2. The summed E-state index contributed by atoms with van der Waals surface area (Å²) >= 11 is 0. The van der Waals surface area contributed by atoms with Gasteiger partial charge in [-0.2, -0.15) is 0 Å². The van der Waals surface area contributed by atoms with Gasteiger partial charge in [0, 0.05) is 17.0 Å². The van der Waals surface area contributed by atoms with Crippen LogP contribution in [0.4, 0.5) is 5.82 Å². The number of hydrogen-bond donors (Lipinski definition) is 1. The minimum Gasteiger partial charge on any atom is -0.384 e. The summed E-state index contributed by atoms with van der Waals surface area (Å²) in [5.74, 6) is 1.29. The lowest BCUT2D eigenvalue weighted by atomic mass is 9.95. The van der Waals surface area contributed by atoms with Crippen LogP contribution >= 0.6 is 0 Å². The molecule has 0 fully saturated rings. The van der Waals surface area contributed by atoms with Crippen LogP contribution in [0.2, 0.25) is 0 Å². The summed E-state index contributed by atoms with van der Waals surface area (Å²) in [5.41, 5.74) is 7.68. The van der Waals surface area contributed by atoms with E-state index in [0.717, 1.165) is 17.1 Å². The fourth-order valence-electron chi connectivity index (χ4n) is 1.56. The maximum Gasteiger partial charge on any atom is 0.136 e. The molecule has 1 aromatic heterocycles. The van der Waals surface area contributed by atoms with Crippen molar-refractivity contribution in [2.75, 3.05) is 5.73 Å². The molecule has 0 bridgehead atoms. The molecule has 1 aromatic carbocycles. The Kier molecular flexibility index (Phi) is 2.84. The molecular formula is C14H17N3. The first-order valence-corrected chi connectivity index (χ1v) is 5.67. The second-order valence-corrected chi connectivity index (χ2v) is 5.12. The van der Waals surface area contributed by atoms with Gasteiger partial charge in [-0.05, 0) is 0 Å². The zero-order valence-electron chi connectivity index (χ0n) is 10.4. The SMILES string of the molecule is CC(C)(C)c1nc(N)cc(-c2ccccc2)n1. The van der Waals surface area contributed by atoms with E-state index in [-0.39, 0.29) is 5.41 Å². The molecule has 0 radical (unpaired) electrons. The van der Waals surface area contributed by atoms with E-state index in [1.54, 1.807) is 0 Å². The number of benzene rings is 1. The standard InChI is InChI=1S/C14H17N3/c1-14(2,3)13-16-11(9-12(15)17-13)10-7-5-4-6-8-10/h4-9H,1-3H3,(H2,15,16,17). The quantitative estimate of drug-likeness (QED) is 0.814. The van der Waals surface area contributed by atoms with Gasteiger partial charge >= 0.3 is 0 Å². The zero-order chi connectivity index (χ0) is 12.5. The van der Waals surface area contributed by atoms with Crippen LogP contribution in [-0.4, -0.2) is 9.97 Å². The Morgan fingerprint density at radius 1 is 1.00 bits per heavy atom. The van der Waals surface area contributed by atoms with Gasteiger partial charge in [-0.15, -0.1) is 0 Å². The van der Waals surface area contributed by atoms with Crippen molar-refractivity contribution in [3.05, 3.63) is 42.2 Å². The first kappa shape index (κ1) is 11.6. The first-order valence-electron chi connectivity index (χ1n) is 5.67. The molecule has 0 amide bonds. The summed E-state index contributed by atoms with van der Waals surface area (Å²) in [6.45, 7) is 6.24. The van der Waals surface area contributed by atoms with Crippen LogP contribution in [0.15, 0.2) is 36.4 Å². The molecule has 2 aromatic rings. The fraction of sp³-hybridized carbons (Fsp3) is 0.286. The largest absolute Gasteiger partial charge is 0.384 e. The summed E-state index contributed by atoms with van der Waals surface area (Å²) in [6, 6.07) is 11.8. The summed E-state index contributed by atoms with van der Waals surface area (Å²) in [5, 5.41) is 0. The van der Waals surface area contributed by atoms with E-state index in [1.807, 2.05) is 36.4 Å². The fourth-order valence-corrected chi connectivity index (χ4v) is 1.56. The van der Waals surface area contributed by atoms with Crippen molar-refractivity contribution in [2.45, 2.75) is 26.2 Å². The van der Waals surface area contributed by atoms with Gasteiger partial charge in [0.15, 0.2) is 0 Å². The van der Waals surface area contributed by atoms with Crippen LogP contribution < -0.4 is 5.73 Å². The minimum atomic E-state index is -0.0983. The zero-order valence-corrected chi connectivity index (χ0v) is 10.4. The van der Waals surface area contributed by atoms with Crippen molar-refractivity contribution < 1.29 is 0 Å². The number of nitrogen functional groups attached to an aromatic ring is 1. The lowest BCUT2D eigenvalue weighted by Crippen LogP contribution is -2.17. The van der Waals surface area contributed by atoms with E-state index in [4.69, 9.17) is 5.73 Å². The van der Waals surface area contributed by atoms with E-state index in [2.05, 4.69) is 30.7 Å². The Morgan fingerprint density at radius 2 is 1.65 bits per heavy atom. The molecule has 0 unspecified atom stereocenters. The van der Waals surface area contributed by atoms with E-state index >= 15 is 0 Å². The maximum atomic E-state index is 5.84. The molecule has 0 aliphatic carbocycles. The molecular weight excluding hydrogens is 210 g/mol. The smallest absolute Gasteiger partial charge is 0.136 e. The third-order valence-corrected chi connectivity index (χ3v) is 2.49. The third kappa shape index (κ3) is 2.61. The maximum absolute atomic E-state index is 5.84. The molecule has 2 N–H and O–H groups in total. The van der Waals surface area contributed by atoms with Crippen LogP contribution in [0.3, 0.4) is 0 Å². The highest BCUT2D eigenvalue weighted by atomic mass is 15.0. The van der Waals surface area contributed by atoms with Gasteiger partial charge in [-0.3, -0.25) is 0 Å². The predicted octanol–water partition coefficient (Wildman–Crippen LogP) is 3.02. The first-order chi connectivity index (χ1) is 7.97. The van der Waals surface area contributed by atoms with Crippen molar-refractivity contribution in [2.24, 2.45) is 0 Å². The number of hydrogen-bond acceptors (Lipinski definition) is 3. The van der Waals surface area contributed by atoms with Gasteiger partial charge in [0.05, 0.1) is 5.69 Å². The average molecular weight is 227 g/mol. The van der Waals surface area contributed by atoms with Crippen molar-refractivity contribution >= 4 is 5.82 Å². The van der Waals surface area contributed by atoms with Crippen LogP contribution in [0.5, 0.6) is 0 Å². The molecule has 3 heteroatoms. The number of rotatable bonds is 1. The molecule has 17 heavy (non-hydrogen) atoms. The van der Waals surface area contributed by atoms with Crippen LogP contribution in [0, 0.1) is 0 Å². The normalized spacial score (nSPS) is 11.5. The van der Waals surface area contributed by atoms with Gasteiger partial charge in [0.25, 0.3) is 0 Å². The van der Waals surface area contributed by atoms with E-state index in [0.29, 0.717) is 5.82 Å². The van der Waals surface area contributed by atoms with E-state index in [9.17, 15) is 0 Å². The van der Waals surface area contributed by atoms with E-state index < -0.39 is 0 Å². The average Bonchev–Trinajstić information content (AvgIpc) is 2.28. The Hall–Kier alpha value is -1.90. The monoisotopic (exact) mass is 227 g/mol. The number of nitrogens with zero attached hydrogens (tertiary/aromatic N) is 2. The molecule has 88 valence electrons. The predicted molar refractivity (Wildman–Crippen MR) is 70.6 cm³/mol. The number of anilines is 1. The Labute approximate surface area is 102 Å². The molecule has 3 nitrogen and oxygen atoms in total. The molecule has 0 saturated heterocycles. The summed E-state index contributed by atoms with van der Waals surface area (Å²) in [7, 11) is 0. The van der Waals surface area contributed by atoms with Crippen molar-refractivity contribution in [1.82, 2.24) is 9.97 Å². The topological polar surface area (TPSA) is 51.8 Å². The van der Waals surface area contributed by atoms with Gasteiger partial charge in [0.2, 0.25) is 0 Å². The second-order valence-electron chi connectivity index (χ2n) is 5.12. The molecule has 0 atom stereocenters. The van der Waals surface area contributed by atoms with Crippen molar-refractivity contribution in [3.63, 3.8) is 0 Å². The van der Waals surface area contributed by atoms with E-state index in [1.165, 1.54) is 0 Å². The molecule has 0 aliphatic heterocycles. The highest BCUT2D eigenvalue weighted by molar-refractivity contribution is 5.61. The summed E-state index contributed by atoms with van der Waals surface area (Å²) in [4.78, 5) is 8.88. The highest BCUT2D eigenvalue weighted by Crippen LogP contribution is 2.24. The lowest BCUT2D eigenvalue weighted by molar-refractivity contribution is 0.547. The van der Waals surface area contributed by atoms with Gasteiger partial charge in [-0.25, -0.2) is 9.97 Å². The summed E-state index contributed by atoms with van der Waals surface area (Å²) < 4.78 is 0. The Bertz CT molecular complexity index is 513. The molecule has 1 heterocycles. The molecule has 2 rings (SSSR count). The van der Waals surface area contributed by atoms with Gasteiger partial charge in [-0.1, -0.05) is 51.1 Å². The Balaban J connectivity index is 2.54. The molecule has 0 spiro atoms. The second kappa shape index (κ2) is 4.17. The highest BCUT2D eigenvalue weighted by Gasteiger charge is 2.18. The van der Waals surface area contributed by atoms with Gasteiger partial charge < -0.3 is 5.73 Å². The summed E-state index contributed by atoms with van der Waals surface area (Å²) in [6.07, 6.45) is 0. The van der Waals surface area contributed by atoms with Crippen LogP contribution in [0.25, 0.3) is 11.3 Å². The number of nitrogens with two attached hydrogens (primary N) is 1. The van der Waals surface area contributed by atoms with Crippen LogP contribution in [0.1, 0.15) is 26.6 Å². The lowest BCUT2D eigenvalue weighted by Gasteiger charge is -2.17. The minimum absolute atomic E-state index is 0.0983. The van der Waals surface area contributed by atoms with Gasteiger partial charge in [0.1, 0.15) is 11.6 Å². The molecule has 0 saturated carbocycles. The van der Waals surface area contributed by atoms with Crippen LogP contribution in [-0.2, 0) is 5.41 Å².